The summed E-state index contributed by atoms with van der Waals surface area (Å²) in [5.41, 5.74) is 1.50. The largest absolute Gasteiger partial charge is 0.382 e. The molecular weight excluding hydrogens is 328 g/mol. The molecule has 2 aliphatic rings. The lowest BCUT2D eigenvalue weighted by atomic mass is 9.79. The maximum atomic E-state index is 12.8. The number of amides is 1. The van der Waals surface area contributed by atoms with Gasteiger partial charge < -0.3 is 14.4 Å². The van der Waals surface area contributed by atoms with Crippen molar-refractivity contribution in [1.29, 1.82) is 0 Å². The second kappa shape index (κ2) is 7.33. The van der Waals surface area contributed by atoms with Crippen LogP contribution in [0.2, 0.25) is 0 Å². The van der Waals surface area contributed by atoms with Crippen molar-refractivity contribution in [3.05, 3.63) is 42.1 Å². The highest BCUT2D eigenvalue weighted by molar-refractivity contribution is 5.98. The van der Waals surface area contributed by atoms with Gasteiger partial charge in [-0.3, -0.25) is 9.78 Å². The van der Waals surface area contributed by atoms with Gasteiger partial charge in [-0.05, 0) is 56.4 Å². The maximum absolute atomic E-state index is 12.8. The van der Waals surface area contributed by atoms with Gasteiger partial charge in [-0.25, -0.2) is 0 Å². The number of aromatic nitrogens is 1. The van der Waals surface area contributed by atoms with Crippen molar-refractivity contribution < 1.29 is 14.3 Å². The molecule has 1 atom stereocenters. The number of carbonyl (C=O) groups excluding carboxylic acids is 1. The highest BCUT2D eigenvalue weighted by atomic mass is 16.5. The average Bonchev–Trinajstić information content (AvgIpc) is 2.65. The summed E-state index contributed by atoms with van der Waals surface area (Å²) < 4.78 is 11.6. The van der Waals surface area contributed by atoms with Crippen LogP contribution in [0, 0.1) is 5.92 Å². The molecule has 2 aliphatic heterocycles. The van der Waals surface area contributed by atoms with Gasteiger partial charge >= 0.3 is 0 Å². The fraction of sp³-hybridized carbons (Fsp3) is 0.524. The van der Waals surface area contributed by atoms with Crippen molar-refractivity contribution in [2.24, 2.45) is 5.92 Å². The van der Waals surface area contributed by atoms with Crippen LogP contribution < -0.4 is 0 Å². The molecular formula is C21H26N2O3. The van der Waals surface area contributed by atoms with Gasteiger partial charge in [0.2, 0.25) is 0 Å². The molecule has 2 aromatic rings. The zero-order valence-corrected chi connectivity index (χ0v) is 15.3. The monoisotopic (exact) mass is 354 g/mol. The van der Waals surface area contributed by atoms with Crippen LogP contribution in [0.4, 0.5) is 0 Å². The summed E-state index contributed by atoms with van der Waals surface area (Å²) in [6, 6.07) is 9.61. The Hall–Kier alpha value is -1.98. The van der Waals surface area contributed by atoms with Gasteiger partial charge in [0.15, 0.2) is 0 Å². The maximum Gasteiger partial charge on any atom is 0.254 e. The molecule has 138 valence electrons. The number of hydrogen-bond donors (Lipinski definition) is 0. The molecule has 2 fully saturated rings. The Balaban J connectivity index is 1.37. The Morgan fingerprint density at radius 2 is 2.27 bits per heavy atom. The Bertz CT molecular complexity index is 786. The van der Waals surface area contributed by atoms with E-state index < -0.39 is 0 Å². The number of pyridine rings is 1. The van der Waals surface area contributed by atoms with Crippen LogP contribution in [0.1, 0.15) is 36.5 Å². The molecule has 1 spiro atoms. The molecule has 0 unspecified atom stereocenters. The number of ether oxygens (including phenoxy) is 2. The van der Waals surface area contributed by atoms with E-state index in [0.29, 0.717) is 19.0 Å². The predicted molar refractivity (Wildman–Crippen MR) is 100 cm³/mol. The lowest BCUT2D eigenvalue weighted by Gasteiger charge is -2.53. The van der Waals surface area contributed by atoms with Crippen LogP contribution >= 0.6 is 0 Å². The lowest BCUT2D eigenvalue weighted by Crippen LogP contribution is -2.66. The van der Waals surface area contributed by atoms with E-state index in [0.717, 1.165) is 55.5 Å². The quantitative estimate of drug-likeness (QED) is 0.773. The fourth-order valence-corrected chi connectivity index (χ4v) is 4.17. The SMILES string of the molecule is CCOCC[C@@H]1CCOC2(C1)CN(C(=O)c1ccc3ncccc3c1)C2. The predicted octanol–water partition coefficient (Wildman–Crippen LogP) is 3.28. The van der Waals surface area contributed by atoms with Crippen LogP contribution in [0.15, 0.2) is 36.5 Å². The Labute approximate surface area is 154 Å². The summed E-state index contributed by atoms with van der Waals surface area (Å²) in [4.78, 5) is 19.0. The van der Waals surface area contributed by atoms with Gasteiger partial charge in [0, 0.05) is 37.0 Å². The van der Waals surface area contributed by atoms with Crippen LogP contribution in [-0.2, 0) is 9.47 Å². The number of benzene rings is 1. The smallest absolute Gasteiger partial charge is 0.254 e. The molecule has 5 heteroatoms. The van der Waals surface area contributed by atoms with E-state index in [2.05, 4.69) is 4.98 Å². The number of rotatable bonds is 5. The molecule has 0 aliphatic carbocycles. The van der Waals surface area contributed by atoms with E-state index >= 15 is 0 Å². The molecule has 0 bridgehead atoms. The summed E-state index contributed by atoms with van der Waals surface area (Å²) in [6.45, 7) is 5.82. The van der Waals surface area contributed by atoms with Gasteiger partial charge in [-0.1, -0.05) is 6.07 Å². The topological polar surface area (TPSA) is 51.7 Å². The zero-order chi connectivity index (χ0) is 18.0. The minimum atomic E-state index is -0.136. The molecule has 1 aromatic carbocycles. The fourth-order valence-electron chi connectivity index (χ4n) is 4.17. The molecule has 0 saturated carbocycles. The summed E-state index contributed by atoms with van der Waals surface area (Å²) >= 11 is 0. The standard InChI is InChI=1S/C21H26N2O3/c1-2-25-10-7-16-8-11-26-21(13-16)14-23(15-21)20(24)18-5-6-19-17(12-18)4-3-9-22-19/h3-6,9,12,16H,2,7-8,10-11,13-15H2,1H3/t16-/m1/s1. The van der Waals surface area contributed by atoms with Gasteiger partial charge in [0.05, 0.1) is 18.6 Å². The molecule has 2 saturated heterocycles. The highest BCUT2D eigenvalue weighted by Crippen LogP contribution is 2.38. The van der Waals surface area contributed by atoms with Gasteiger partial charge in [0.1, 0.15) is 5.60 Å². The lowest BCUT2D eigenvalue weighted by molar-refractivity contribution is -0.167. The van der Waals surface area contributed by atoms with E-state index in [1.807, 2.05) is 42.2 Å². The molecule has 0 N–H and O–H groups in total. The number of nitrogens with zero attached hydrogens (tertiary/aromatic N) is 2. The first-order chi connectivity index (χ1) is 12.7. The molecule has 4 rings (SSSR count). The van der Waals surface area contributed by atoms with Crippen molar-refractivity contribution in [2.75, 3.05) is 32.9 Å². The zero-order valence-electron chi connectivity index (χ0n) is 15.3. The number of fused-ring (bicyclic) bond motifs is 1. The normalized spacial score (nSPS) is 21.7. The second-order valence-corrected chi connectivity index (χ2v) is 7.45. The molecule has 26 heavy (non-hydrogen) atoms. The minimum absolute atomic E-state index is 0.0846. The van der Waals surface area contributed by atoms with Crippen molar-refractivity contribution in [2.45, 2.75) is 31.8 Å². The van der Waals surface area contributed by atoms with Gasteiger partial charge in [0.25, 0.3) is 5.91 Å². The second-order valence-electron chi connectivity index (χ2n) is 7.45. The Morgan fingerprint density at radius 3 is 3.12 bits per heavy atom. The van der Waals surface area contributed by atoms with Crippen molar-refractivity contribution in [3.8, 4) is 0 Å². The van der Waals surface area contributed by atoms with Crippen LogP contribution in [-0.4, -0.2) is 54.3 Å². The van der Waals surface area contributed by atoms with E-state index in [-0.39, 0.29) is 11.5 Å². The molecule has 0 radical (unpaired) electrons. The van der Waals surface area contributed by atoms with E-state index in [1.165, 1.54) is 0 Å². The molecule has 1 aromatic heterocycles. The van der Waals surface area contributed by atoms with Gasteiger partial charge in [-0.2, -0.15) is 0 Å². The third-order valence-electron chi connectivity index (χ3n) is 5.56. The number of carbonyl (C=O) groups is 1. The first-order valence-corrected chi connectivity index (χ1v) is 9.55. The molecule has 5 nitrogen and oxygen atoms in total. The third kappa shape index (κ3) is 3.46. The highest BCUT2D eigenvalue weighted by Gasteiger charge is 2.49. The third-order valence-corrected chi connectivity index (χ3v) is 5.56. The molecule has 1 amide bonds. The number of likely N-dealkylation sites (tertiary alicyclic amines) is 1. The summed E-state index contributed by atoms with van der Waals surface area (Å²) in [5.74, 6) is 0.723. The van der Waals surface area contributed by atoms with Crippen LogP contribution in [0.5, 0.6) is 0 Å². The summed E-state index contributed by atoms with van der Waals surface area (Å²) in [7, 11) is 0. The van der Waals surface area contributed by atoms with E-state index in [1.54, 1.807) is 6.20 Å². The van der Waals surface area contributed by atoms with Crippen LogP contribution in [0.25, 0.3) is 10.9 Å². The first kappa shape index (κ1) is 17.4. The summed E-state index contributed by atoms with van der Waals surface area (Å²) in [6.07, 6.45) is 4.99. The number of hydrogen-bond acceptors (Lipinski definition) is 4. The molecule has 3 heterocycles. The van der Waals surface area contributed by atoms with E-state index in [9.17, 15) is 4.79 Å². The first-order valence-electron chi connectivity index (χ1n) is 9.55. The summed E-state index contributed by atoms with van der Waals surface area (Å²) in [5, 5.41) is 0.999. The van der Waals surface area contributed by atoms with Gasteiger partial charge in [-0.15, -0.1) is 0 Å². The van der Waals surface area contributed by atoms with Crippen LogP contribution in [0.3, 0.4) is 0 Å². The Morgan fingerprint density at radius 1 is 1.38 bits per heavy atom. The van der Waals surface area contributed by atoms with Crippen molar-refractivity contribution in [1.82, 2.24) is 9.88 Å². The average molecular weight is 354 g/mol. The van der Waals surface area contributed by atoms with Crippen molar-refractivity contribution in [3.63, 3.8) is 0 Å². The minimum Gasteiger partial charge on any atom is -0.382 e. The van der Waals surface area contributed by atoms with Crippen molar-refractivity contribution >= 4 is 16.8 Å². The van der Waals surface area contributed by atoms with E-state index in [4.69, 9.17) is 9.47 Å². The Kier molecular flexibility index (Phi) is 4.92.